The molecule has 0 amide bonds. The summed E-state index contributed by atoms with van der Waals surface area (Å²) in [6.07, 6.45) is 0. The summed E-state index contributed by atoms with van der Waals surface area (Å²) in [6.45, 7) is 10.0. The number of phenolic OH excluding ortho intramolecular Hbond substituents is 1. The number of benzene rings is 2. The van der Waals surface area contributed by atoms with Gasteiger partial charge < -0.3 is 14.6 Å². The van der Waals surface area contributed by atoms with Gasteiger partial charge in [0, 0.05) is 28.0 Å². The van der Waals surface area contributed by atoms with Crippen LogP contribution in [0.5, 0.6) is 17.2 Å². The Labute approximate surface area is 133 Å². The van der Waals surface area contributed by atoms with Crippen LogP contribution in [0.25, 0.3) is 10.8 Å². The van der Waals surface area contributed by atoms with Crippen molar-refractivity contribution in [1.82, 2.24) is 0 Å². The van der Waals surface area contributed by atoms with E-state index in [1.165, 1.54) is 19.9 Å². The normalized spacial score (nSPS) is 10.2. The van der Waals surface area contributed by atoms with Crippen molar-refractivity contribution in [3.05, 3.63) is 54.6 Å². The molecule has 0 radical (unpaired) electrons. The van der Waals surface area contributed by atoms with Crippen LogP contribution in [0.4, 0.5) is 0 Å². The molecule has 23 heavy (non-hydrogen) atoms. The van der Waals surface area contributed by atoms with E-state index in [0.29, 0.717) is 10.8 Å². The van der Waals surface area contributed by atoms with Gasteiger partial charge in [-0.05, 0) is 13.8 Å². The highest BCUT2D eigenvalue weighted by atomic mass is 16.6. The molecule has 0 heterocycles. The fourth-order valence-corrected chi connectivity index (χ4v) is 1.85. The lowest BCUT2D eigenvalue weighted by atomic mass is 10.1. The minimum atomic E-state index is -0.688. The zero-order valence-corrected chi connectivity index (χ0v) is 12.9. The van der Waals surface area contributed by atoms with Gasteiger partial charge in [-0.2, -0.15) is 0 Å². The van der Waals surface area contributed by atoms with Crippen molar-refractivity contribution >= 4 is 22.7 Å². The third-order valence-corrected chi connectivity index (χ3v) is 3.03. The summed E-state index contributed by atoms with van der Waals surface area (Å²) < 4.78 is 10.5. The number of esters is 2. The number of phenols is 1. The van der Waals surface area contributed by atoms with Crippen molar-refractivity contribution in [3.8, 4) is 17.2 Å². The molecule has 0 atom stereocenters. The van der Waals surface area contributed by atoms with Crippen LogP contribution in [-0.4, -0.2) is 17.0 Å². The number of carbonyl (C=O) groups is 2. The van der Waals surface area contributed by atoms with Gasteiger partial charge in [-0.1, -0.05) is 37.4 Å². The van der Waals surface area contributed by atoms with Gasteiger partial charge in [0.15, 0.2) is 11.5 Å². The van der Waals surface area contributed by atoms with E-state index in [4.69, 9.17) is 9.47 Å². The maximum absolute atomic E-state index is 11.9. The van der Waals surface area contributed by atoms with E-state index in [2.05, 4.69) is 13.2 Å². The van der Waals surface area contributed by atoms with Gasteiger partial charge in [0.05, 0.1) is 0 Å². The molecule has 118 valence electrons. The van der Waals surface area contributed by atoms with Crippen molar-refractivity contribution < 1.29 is 24.2 Å². The van der Waals surface area contributed by atoms with Crippen LogP contribution < -0.4 is 9.47 Å². The van der Waals surface area contributed by atoms with E-state index in [-0.39, 0.29) is 28.4 Å². The molecule has 0 aliphatic carbocycles. The van der Waals surface area contributed by atoms with Crippen LogP contribution in [-0.2, 0) is 9.59 Å². The van der Waals surface area contributed by atoms with E-state index >= 15 is 0 Å². The number of hydrogen-bond donors (Lipinski definition) is 1. The highest BCUT2D eigenvalue weighted by molar-refractivity contribution is 6.00. The van der Waals surface area contributed by atoms with Crippen molar-refractivity contribution in [2.45, 2.75) is 13.8 Å². The summed E-state index contributed by atoms with van der Waals surface area (Å²) in [5.41, 5.74) is 0.370. The number of ether oxygens (including phenoxy) is 2. The SMILES string of the molecule is C=C(C)C(=O)Oc1cc(O)c2ccccc2c1OC(=O)C(=C)C. The molecule has 0 unspecified atom stereocenters. The van der Waals surface area contributed by atoms with E-state index in [1.807, 2.05) is 0 Å². The molecule has 2 aromatic carbocycles. The second-order valence-electron chi connectivity index (χ2n) is 5.11. The summed E-state index contributed by atoms with van der Waals surface area (Å²) in [5.74, 6) is -1.47. The zero-order chi connectivity index (χ0) is 17.1. The highest BCUT2D eigenvalue weighted by Crippen LogP contribution is 2.41. The second kappa shape index (κ2) is 6.36. The van der Waals surface area contributed by atoms with Gasteiger partial charge in [0.25, 0.3) is 0 Å². The van der Waals surface area contributed by atoms with Crippen LogP contribution in [0, 0.1) is 0 Å². The van der Waals surface area contributed by atoms with Gasteiger partial charge in [-0.15, -0.1) is 0 Å². The van der Waals surface area contributed by atoms with Crippen LogP contribution in [0.15, 0.2) is 54.6 Å². The molecule has 0 fully saturated rings. The Balaban J connectivity index is 2.64. The molecular weight excluding hydrogens is 296 g/mol. The molecule has 5 heteroatoms. The number of fused-ring (bicyclic) bond motifs is 1. The molecule has 0 aromatic heterocycles. The molecule has 2 aromatic rings. The summed E-state index contributed by atoms with van der Waals surface area (Å²) in [7, 11) is 0. The Morgan fingerprint density at radius 1 is 0.957 bits per heavy atom. The minimum Gasteiger partial charge on any atom is -0.507 e. The number of rotatable bonds is 4. The molecule has 2 rings (SSSR count). The van der Waals surface area contributed by atoms with E-state index in [1.54, 1.807) is 24.3 Å². The van der Waals surface area contributed by atoms with Crippen molar-refractivity contribution in [3.63, 3.8) is 0 Å². The lowest BCUT2D eigenvalue weighted by Gasteiger charge is -2.14. The molecular formula is C18H16O5. The number of carbonyl (C=O) groups excluding carboxylic acids is 2. The lowest BCUT2D eigenvalue weighted by Crippen LogP contribution is -2.13. The van der Waals surface area contributed by atoms with Gasteiger partial charge in [0.2, 0.25) is 0 Å². The summed E-state index contributed by atoms with van der Waals surface area (Å²) >= 11 is 0. The van der Waals surface area contributed by atoms with Crippen LogP contribution in [0.3, 0.4) is 0 Å². The van der Waals surface area contributed by atoms with Gasteiger partial charge in [0.1, 0.15) is 5.75 Å². The molecule has 0 spiro atoms. The monoisotopic (exact) mass is 312 g/mol. The van der Waals surface area contributed by atoms with E-state index in [9.17, 15) is 14.7 Å². The average molecular weight is 312 g/mol. The first-order chi connectivity index (χ1) is 10.8. The van der Waals surface area contributed by atoms with Gasteiger partial charge in [-0.3, -0.25) is 0 Å². The lowest BCUT2D eigenvalue weighted by molar-refractivity contribution is -0.132. The maximum atomic E-state index is 11.9. The van der Waals surface area contributed by atoms with E-state index in [0.717, 1.165) is 0 Å². The Morgan fingerprint density at radius 3 is 2.04 bits per heavy atom. The van der Waals surface area contributed by atoms with Crippen molar-refractivity contribution in [2.75, 3.05) is 0 Å². The largest absolute Gasteiger partial charge is 0.507 e. The fourth-order valence-electron chi connectivity index (χ4n) is 1.85. The Hall–Kier alpha value is -3.08. The summed E-state index contributed by atoms with van der Waals surface area (Å²) in [5, 5.41) is 11.0. The Bertz CT molecular complexity index is 833. The number of hydrogen-bond acceptors (Lipinski definition) is 5. The summed E-state index contributed by atoms with van der Waals surface area (Å²) in [6, 6.07) is 7.97. The Morgan fingerprint density at radius 2 is 1.48 bits per heavy atom. The third kappa shape index (κ3) is 3.40. The van der Waals surface area contributed by atoms with Crippen LogP contribution in [0.1, 0.15) is 13.8 Å². The van der Waals surface area contributed by atoms with Gasteiger partial charge >= 0.3 is 11.9 Å². The maximum Gasteiger partial charge on any atom is 0.338 e. The number of aromatic hydroxyl groups is 1. The third-order valence-electron chi connectivity index (χ3n) is 3.03. The van der Waals surface area contributed by atoms with E-state index < -0.39 is 11.9 Å². The molecule has 0 aliphatic rings. The smallest absolute Gasteiger partial charge is 0.338 e. The average Bonchev–Trinajstić information content (AvgIpc) is 2.50. The predicted octanol–water partition coefficient (Wildman–Crippen LogP) is 3.51. The summed E-state index contributed by atoms with van der Waals surface area (Å²) in [4.78, 5) is 23.6. The standard InChI is InChI=1S/C18H16O5/c1-10(2)17(20)22-15-9-14(19)12-7-5-6-8-13(12)16(15)23-18(21)11(3)4/h5-9,19H,1,3H2,2,4H3. The fraction of sp³-hybridized carbons (Fsp3) is 0.111. The second-order valence-corrected chi connectivity index (χ2v) is 5.11. The molecule has 0 aliphatic heterocycles. The van der Waals surface area contributed by atoms with Crippen LogP contribution in [0.2, 0.25) is 0 Å². The van der Waals surface area contributed by atoms with Crippen molar-refractivity contribution in [2.24, 2.45) is 0 Å². The quantitative estimate of drug-likeness (QED) is 0.531. The van der Waals surface area contributed by atoms with Crippen molar-refractivity contribution in [1.29, 1.82) is 0 Å². The van der Waals surface area contributed by atoms with Gasteiger partial charge in [-0.25, -0.2) is 9.59 Å². The Kier molecular flexibility index (Phi) is 4.50. The first-order valence-electron chi connectivity index (χ1n) is 6.81. The topological polar surface area (TPSA) is 72.8 Å². The van der Waals surface area contributed by atoms with Crippen LogP contribution >= 0.6 is 0 Å². The minimum absolute atomic E-state index is 0.0426. The molecule has 1 N–H and O–H groups in total. The molecule has 0 saturated carbocycles. The molecule has 0 saturated heterocycles. The highest BCUT2D eigenvalue weighted by Gasteiger charge is 2.20. The molecule has 0 bridgehead atoms. The first-order valence-corrected chi connectivity index (χ1v) is 6.81. The predicted molar refractivity (Wildman–Crippen MR) is 86.5 cm³/mol. The molecule has 5 nitrogen and oxygen atoms in total. The first kappa shape index (κ1) is 16.3. The zero-order valence-electron chi connectivity index (χ0n) is 12.9.